The van der Waals surface area contributed by atoms with Crippen LogP contribution in [0.15, 0.2) is 24.3 Å². The number of halogens is 1. The molecule has 2 atom stereocenters. The highest BCUT2D eigenvalue weighted by Crippen LogP contribution is 2.27. The molecule has 0 aliphatic heterocycles. The van der Waals surface area contributed by atoms with E-state index in [2.05, 4.69) is 37.9 Å². The molecule has 1 aromatic carbocycles. The molecule has 1 aromatic rings. The van der Waals surface area contributed by atoms with Crippen LogP contribution in [0.5, 0.6) is 0 Å². The molecule has 0 aliphatic carbocycles. The van der Waals surface area contributed by atoms with Crippen molar-refractivity contribution < 1.29 is 4.74 Å². The second kappa shape index (κ2) is 7.25. The standard InChI is InChI=1S/C15H25ClN2O/c1-5-19-11-15(3,10-17)18(4)12(2)13-6-8-14(16)9-7-13/h6-9,12H,5,10-11,17H2,1-4H3. The monoisotopic (exact) mass is 284 g/mol. The average Bonchev–Trinajstić information content (AvgIpc) is 2.44. The molecule has 4 heteroatoms. The van der Waals surface area contributed by atoms with Gasteiger partial charge in [0.15, 0.2) is 0 Å². The summed E-state index contributed by atoms with van der Waals surface area (Å²) >= 11 is 5.93. The molecular formula is C15H25ClN2O. The molecule has 0 aliphatic rings. The van der Waals surface area contributed by atoms with E-state index in [4.69, 9.17) is 22.1 Å². The maximum Gasteiger partial charge on any atom is 0.0660 e. The van der Waals surface area contributed by atoms with E-state index in [0.29, 0.717) is 19.8 Å². The zero-order valence-corrected chi connectivity index (χ0v) is 13.1. The quantitative estimate of drug-likeness (QED) is 0.836. The number of hydrogen-bond donors (Lipinski definition) is 1. The lowest BCUT2D eigenvalue weighted by atomic mass is 9.97. The Bertz CT molecular complexity index is 382. The first-order valence-electron chi connectivity index (χ1n) is 6.71. The summed E-state index contributed by atoms with van der Waals surface area (Å²) in [6.45, 7) is 8.20. The molecular weight excluding hydrogens is 260 g/mol. The minimum absolute atomic E-state index is 0.172. The van der Waals surface area contributed by atoms with E-state index < -0.39 is 0 Å². The Morgan fingerprint density at radius 2 is 1.95 bits per heavy atom. The lowest BCUT2D eigenvalue weighted by Gasteiger charge is -2.41. The van der Waals surface area contributed by atoms with Crippen LogP contribution in [0.25, 0.3) is 0 Å². The number of rotatable bonds is 7. The van der Waals surface area contributed by atoms with Gasteiger partial charge in [0, 0.05) is 24.2 Å². The summed E-state index contributed by atoms with van der Waals surface area (Å²) in [5.74, 6) is 0. The second-order valence-electron chi connectivity index (χ2n) is 5.18. The van der Waals surface area contributed by atoms with Gasteiger partial charge in [-0.25, -0.2) is 0 Å². The van der Waals surface area contributed by atoms with Crippen LogP contribution in [0, 0.1) is 0 Å². The average molecular weight is 285 g/mol. The number of likely N-dealkylation sites (N-methyl/N-ethyl adjacent to an activating group) is 1. The largest absolute Gasteiger partial charge is 0.380 e. The number of nitrogens with two attached hydrogens (primary N) is 1. The Morgan fingerprint density at radius 3 is 2.42 bits per heavy atom. The van der Waals surface area contributed by atoms with E-state index in [-0.39, 0.29) is 11.6 Å². The topological polar surface area (TPSA) is 38.5 Å². The summed E-state index contributed by atoms with van der Waals surface area (Å²) in [5.41, 5.74) is 7.00. The number of ether oxygens (including phenoxy) is 1. The Balaban J connectivity index is 2.84. The SMILES string of the molecule is CCOCC(C)(CN)N(C)C(C)c1ccc(Cl)cc1. The number of benzene rings is 1. The predicted octanol–water partition coefficient (Wildman–Crippen LogP) is 3.09. The first-order chi connectivity index (χ1) is 8.94. The van der Waals surface area contributed by atoms with Crippen LogP contribution in [0.3, 0.4) is 0 Å². The van der Waals surface area contributed by atoms with E-state index >= 15 is 0 Å². The van der Waals surface area contributed by atoms with Gasteiger partial charge >= 0.3 is 0 Å². The number of nitrogens with zero attached hydrogens (tertiary/aromatic N) is 1. The summed E-state index contributed by atoms with van der Waals surface area (Å²) < 4.78 is 5.57. The Hall–Kier alpha value is -0.610. The summed E-state index contributed by atoms with van der Waals surface area (Å²) in [7, 11) is 2.09. The fourth-order valence-electron chi connectivity index (χ4n) is 2.06. The lowest BCUT2D eigenvalue weighted by molar-refractivity contribution is 0.00543. The van der Waals surface area contributed by atoms with Gasteiger partial charge in [0.1, 0.15) is 0 Å². The van der Waals surface area contributed by atoms with Crippen molar-refractivity contribution >= 4 is 11.6 Å². The molecule has 19 heavy (non-hydrogen) atoms. The second-order valence-corrected chi connectivity index (χ2v) is 5.61. The van der Waals surface area contributed by atoms with Gasteiger partial charge < -0.3 is 10.5 Å². The molecule has 0 heterocycles. The molecule has 0 radical (unpaired) electrons. The van der Waals surface area contributed by atoms with Crippen molar-refractivity contribution in [1.29, 1.82) is 0 Å². The van der Waals surface area contributed by atoms with Crippen LogP contribution in [0.2, 0.25) is 5.02 Å². The number of hydrogen-bond acceptors (Lipinski definition) is 3. The Morgan fingerprint density at radius 1 is 1.37 bits per heavy atom. The van der Waals surface area contributed by atoms with Gasteiger partial charge in [-0.05, 0) is 45.5 Å². The van der Waals surface area contributed by atoms with Crippen molar-refractivity contribution in [2.24, 2.45) is 5.73 Å². The van der Waals surface area contributed by atoms with Gasteiger partial charge in [-0.2, -0.15) is 0 Å². The lowest BCUT2D eigenvalue weighted by Crippen LogP contribution is -2.53. The van der Waals surface area contributed by atoms with Crippen molar-refractivity contribution in [3.05, 3.63) is 34.9 Å². The van der Waals surface area contributed by atoms with Gasteiger partial charge in [0.05, 0.1) is 12.1 Å². The van der Waals surface area contributed by atoms with Crippen LogP contribution in [0.1, 0.15) is 32.4 Å². The summed E-state index contributed by atoms with van der Waals surface area (Å²) in [5, 5.41) is 0.759. The van der Waals surface area contributed by atoms with Crippen LogP contribution in [-0.4, -0.2) is 37.2 Å². The third-order valence-corrected chi connectivity index (χ3v) is 4.09. The predicted molar refractivity (Wildman–Crippen MR) is 81.6 cm³/mol. The third kappa shape index (κ3) is 4.18. The Labute approximate surface area is 121 Å². The van der Waals surface area contributed by atoms with Crippen LogP contribution < -0.4 is 5.73 Å². The van der Waals surface area contributed by atoms with E-state index in [1.54, 1.807) is 0 Å². The summed E-state index contributed by atoms with van der Waals surface area (Å²) in [6, 6.07) is 8.21. The van der Waals surface area contributed by atoms with E-state index in [9.17, 15) is 0 Å². The van der Waals surface area contributed by atoms with Gasteiger partial charge in [-0.15, -0.1) is 0 Å². The molecule has 108 valence electrons. The first kappa shape index (κ1) is 16.4. The van der Waals surface area contributed by atoms with Crippen molar-refractivity contribution in [1.82, 2.24) is 4.90 Å². The molecule has 0 saturated heterocycles. The molecule has 1 rings (SSSR count). The minimum atomic E-state index is -0.172. The third-order valence-electron chi connectivity index (χ3n) is 3.84. The zero-order valence-electron chi connectivity index (χ0n) is 12.3. The van der Waals surface area contributed by atoms with Crippen LogP contribution >= 0.6 is 11.6 Å². The Kier molecular flexibility index (Phi) is 6.27. The minimum Gasteiger partial charge on any atom is -0.380 e. The molecule has 0 saturated carbocycles. The molecule has 0 aromatic heterocycles. The fourth-order valence-corrected chi connectivity index (χ4v) is 2.19. The normalized spacial score (nSPS) is 16.4. The van der Waals surface area contributed by atoms with Crippen LogP contribution in [0.4, 0.5) is 0 Å². The van der Waals surface area contributed by atoms with Gasteiger partial charge in [-0.3, -0.25) is 4.90 Å². The molecule has 3 nitrogen and oxygen atoms in total. The summed E-state index contributed by atoms with van der Waals surface area (Å²) in [4.78, 5) is 2.27. The molecule has 0 spiro atoms. The first-order valence-corrected chi connectivity index (χ1v) is 7.08. The van der Waals surface area contributed by atoms with E-state index in [0.717, 1.165) is 5.02 Å². The van der Waals surface area contributed by atoms with Crippen molar-refractivity contribution in [3.8, 4) is 0 Å². The maximum absolute atomic E-state index is 5.95. The maximum atomic E-state index is 5.95. The highest BCUT2D eigenvalue weighted by Gasteiger charge is 2.31. The highest BCUT2D eigenvalue weighted by molar-refractivity contribution is 6.30. The molecule has 0 fully saturated rings. The molecule has 2 unspecified atom stereocenters. The summed E-state index contributed by atoms with van der Waals surface area (Å²) in [6.07, 6.45) is 0. The van der Waals surface area contributed by atoms with Crippen molar-refractivity contribution in [2.75, 3.05) is 26.8 Å². The van der Waals surface area contributed by atoms with E-state index in [1.165, 1.54) is 5.56 Å². The zero-order chi connectivity index (χ0) is 14.5. The highest BCUT2D eigenvalue weighted by atomic mass is 35.5. The van der Waals surface area contributed by atoms with Gasteiger partial charge in [-0.1, -0.05) is 23.7 Å². The van der Waals surface area contributed by atoms with Gasteiger partial charge in [0.25, 0.3) is 0 Å². The van der Waals surface area contributed by atoms with E-state index in [1.807, 2.05) is 19.1 Å². The van der Waals surface area contributed by atoms with Crippen molar-refractivity contribution in [2.45, 2.75) is 32.4 Å². The van der Waals surface area contributed by atoms with Crippen LogP contribution in [-0.2, 0) is 4.74 Å². The fraction of sp³-hybridized carbons (Fsp3) is 0.600. The molecule has 0 bridgehead atoms. The molecule has 2 N–H and O–H groups in total. The van der Waals surface area contributed by atoms with Gasteiger partial charge in [0.2, 0.25) is 0 Å². The molecule has 0 amide bonds. The smallest absolute Gasteiger partial charge is 0.0660 e. The van der Waals surface area contributed by atoms with Crippen molar-refractivity contribution in [3.63, 3.8) is 0 Å².